The molecule has 2 aliphatic heterocycles. The molecular formula is C14H21N5O2. The molecule has 3 N–H and O–H groups in total. The van der Waals surface area contributed by atoms with Gasteiger partial charge < -0.3 is 10.3 Å². The van der Waals surface area contributed by atoms with Crippen molar-refractivity contribution < 1.29 is 4.92 Å². The Bertz CT molecular complexity index is 550. The number of likely N-dealkylation sites (N-methyl/N-ethyl adjacent to an activating group) is 1. The molecule has 3 rings (SSSR count). The van der Waals surface area contributed by atoms with E-state index in [1.807, 2.05) is 12.1 Å². The van der Waals surface area contributed by atoms with Crippen molar-refractivity contribution in [2.75, 3.05) is 30.5 Å². The van der Waals surface area contributed by atoms with Crippen molar-refractivity contribution in [2.45, 2.75) is 31.3 Å². The van der Waals surface area contributed by atoms with Gasteiger partial charge in [0.05, 0.1) is 4.92 Å². The van der Waals surface area contributed by atoms with E-state index in [1.54, 1.807) is 6.07 Å². The smallest absolute Gasteiger partial charge is 0.316 e. The van der Waals surface area contributed by atoms with Crippen LogP contribution in [-0.4, -0.2) is 42.0 Å². The van der Waals surface area contributed by atoms with Crippen LogP contribution in [0.3, 0.4) is 0 Å². The van der Waals surface area contributed by atoms with Gasteiger partial charge >= 0.3 is 5.69 Å². The average Bonchev–Trinajstić information content (AvgIpc) is 2.71. The van der Waals surface area contributed by atoms with Gasteiger partial charge in [0, 0.05) is 25.2 Å². The van der Waals surface area contributed by atoms with E-state index in [9.17, 15) is 10.1 Å². The van der Waals surface area contributed by atoms with Crippen LogP contribution >= 0.6 is 0 Å². The summed E-state index contributed by atoms with van der Waals surface area (Å²) < 4.78 is 0. The molecule has 114 valence electrons. The van der Waals surface area contributed by atoms with E-state index in [-0.39, 0.29) is 10.6 Å². The van der Waals surface area contributed by atoms with E-state index in [4.69, 9.17) is 5.84 Å². The third-order valence-electron chi connectivity index (χ3n) is 4.84. The first-order chi connectivity index (χ1) is 10.1. The number of hydrogen-bond acceptors (Lipinski definition) is 6. The van der Waals surface area contributed by atoms with Crippen molar-refractivity contribution in [2.24, 2.45) is 5.84 Å². The topological polar surface area (TPSA) is 87.7 Å². The van der Waals surface area contributed by atoms with Crippen molar-refractivity contribution in [3.8, 4) is 0 Å². The van der Waals surface area contributed by atoms with Gasteiger partial charge in [0.1, 0.15) is 11.4 Å². The van der Waals surface area contributed by atoms with Crippen molar-refractivity contribution in [3.63, 3.8) is 0 Å². The zero-order valence-corrected chi connectivity index (χ0v) is 12.2. The molecule has 1 aromatic rings. The molecule has 21 heavy (non-hydrogen) atoms. The molecule has 0 spiro atoms. The minimum absolute atomic E-state index is 0.0698. The Kier molecular flexibility index (Phi) is 3.69. The molecule has 0 aromatic heterocycles. The summed E-state index contributed by atoms with van der Waals surface area (Å²) in [6.45, 7) is 1.68. The number of nitrogens with zero attached hydrogens (tertiary/aromatic N) is 3. The summed E-state index contributed by atoms with van der Waals surface area (Å²) in [5.41, 5.74) is 3.53. The maximum Gasteiger partial charge on any atom is 0.316 e. The van der Waals surface area contributed by atoms with Gasteiger partial charge in [0.15, 0.2) is 0 Å². The van der Waals surface area contributed by atoms with Gasteiger partial charge in [0.2, 0.25) is 0 Å². The van der Waals surface area contributed by atoms with Crippen LogP contribution in [0.5, 0.6) is 0 Å². The number of benzene rings is 1. The number of nitro groups is 1. The number of rotatable bonds is 3. The maximum atomic E-state index is 11.4. The third kappa shape index (κ3) is 2.43. The summed E-state index contributed by atoms with van der Waals surface area (Å²) in [5.74, 6) is 5.42. The molecule has 2 aliphatic rings. The Morgan fingerprint density at radius 1 is 1.33 bits per heavy atom. The molecule has 0 aliphatic carbocycles. The Labute approximate surface area is 123 Å². The molecule has 1 aromatic carbocycles. The summed E-state index contributed by atoms with van der Waals surface area (Å²) in [6.07, 6.45) is 3.45. The summed E-state index contributed by atoms with van der Waals surface area (Å²) in [4.78, 5) is 15.6. The molecule has 0 saturated carbocycles. The van der Waals surface area contributed by atoms with E-state index in [2.05, 4.69) is 22.3 Å². The molecule has 7 heteroatoms. The first kappa shape index (κ1) is 14.1. The highest BCUT2D eigenvalue weighted by atomic mass is 16.6. The SMILES string of the molecule is CN1C2CCC1CN(c1cccc(NN)c1[N+](=O)[O-])CC2. The first-order valence-electron chi connectivity index (χ1n) is 7.32. The normalized spacial score (nSPS) is 25.7. The highest BCUT2D eigenvalue weighted by molar-refractivity contribution is 5.76. The maximum absolute atomic E-state index is 11.4. The summed E-state index contributed by atoms with van der Waals surface area (Å²) in [5, 5.41) is 11.4. The number of nitrogens with one attached hydrogen (secondary N) is 1. The number of para-hydroxylation sites is 1. The minimum atomic E-state index is -0.350. The van der Waals surface area contributed by atoms with Crippen LogP contribution in [0.15, 0.2) is 18.2 Å². The number of hydrazine groups is 1. The van der Waals surface area contributed by atoms with Crippen LogP contribution in [0.1, 0.15) is 19.3 Å². The molecule has 2 bridgehead atoms. The second-order valence-corrected chi connectivity index (χ2v) is 5.86. The number of nitrogens with two attached hydrogens (primary N) is 1. The number of hydrogen-bond donors (Lipinski definition) is 2. The monoisotopic (exact) mass is 291 g/mol. The Hall–Kier alpha value is -1.86. The second-order valence-electron chi connectivity index (χ2n) is 5.86. The van der Waals surface area contributed by atoms with Crippen molar-refractivity contribution in [3.05, 3.63) is 28.3 Å². The van der Waals surface area contributed by atoms with Gasteiger partial charge in [-0.25, -0.2) is 0 Å². The summed E-state index contributed by atoms with van der Waals surface area (Å²) in [7, 11) is 2.16. The average molecular weight is 291 g/mol. The fraction of sp³-hybridized carbons (Fsp3) is 0.571. The molecule has 0 radical (unpaired) electrons. The molecule has 2 fully saturated rings. The van der Waals surface area contributed by atoms with Crippen LogP contribution in [0.25, 0.3) is 0 Å². The third-order valence-corrected chi connectivity index (χ3v) is 4.84. The first-order valence-corrected chi connectivity index (χ1v) is 7.32. The van der Waals surface area contributed by atoms with Crippen molar-refractivity contribution >= 4 is 17.1 Å². The Morgan fingerprint density at radius 2 is 2.10 bits per heavy atom. The van der Waals surface area contributed by atoms with E-state index in [0.717, 1.165) is 19.5 Å². The van der Waals surface area contributed by atoms with Crippen LogP contribution in [0.4, 0.5) is 17.1 Å². The lowest BCUT2D eigenvalue weighted by Crippen LogP contribution is -2.36. The lowest BCUT2D eigenvalue weighted by Gasteiger charge is -2.27. The lowest BCUT2D eigenvalue weighted by atomic mass is 10.1. The summed E-state index contributed by atoms with van der Waals surface area (Å²) in [6, 6.07) is 6.35. The highest BCUT2D eigenvalue weighted by Gasteiger charge is 2.36. The highest BCUT2D eigenvalue weighted by Crippen LogP contribution is 2.38. The van der Waals surface area contributed by atoms with Gasteiger partial charge in [-0.1, -0.05) is 6.07 Å². The fourth-order valence-corrected chi connectivity index (χ4v) is 3.62. The van der Waals surface area contributed by atoms with Crippen LogP contribution in [0, 0.1) is 10.1 Å². The number of anilines is 2. The molecule has 2 unspecified atom stereocenters. The summed E-state index contributed by atoms with van der Waals surface area (Å²) >= 11 is 0. The van der Waals surface area contributed by atoms with Crippen molar-refractivity contribution in [1.82, 2.24) is 4.90 Å². The van der Waals surface area contributed by atoms with E-state index < -0.39 is 0 Å². The van der Waals surface area contributed by atoms with E-state index >= 15 is 0 Å². The lowest BCUT2D eigenvalue weighted by molar-refractivity contribution is -0.383. The van der Waals surface area contributed by atoms with Crippen molar-refractivity contribution in [1.29, 1.82) is 0 Å². The molecule has 2 saturated heterocycles. The Morgan fingerprint density at radius 3 is 2.81 bits per heavy atom. The molecule has 0 amide bonds. The van der Waals surface area contributed by atoms with Gasteiger partial charge in [-0.3, -0.25) is 20.9 Å². The van der Waals surface area contributed by atoms with Crippen LogP contribution < -0.4 is 16.2 Å². The minimum Gasteiger partial charge on any atom is -0.364 e. The van der Waals surface area contributed by atoms with Gasteiger partial charge in [-0.15, -0.1) is 0 Å². The van der Waals surface area contributed by atoms with Crippen LogP contribution in [-0.2, 0) is 0 Å². The molecular weight excluding hydrogens is 270 g/mol. The predicted molar refractivity (Wildman–Crippen MR) is 82.3 cm³/mol. The van der Waals surface area contributed by atoms with E-state index in [1.165, 1.54) is 12.8 Å². The molecule has 2 atom stereocenters. The van der Waals surface area contributed by atoms with Gasteiger partial charge in [-0.05, 0) is 38.4 Å². The van der Waals surface area contributed by atoms with Crippen LogP contribution in [0.2, 0.25) is 0 Å². The quantitative estimate of drug-likeness (QED) is 0.499. The molecule has 7 nitrogen and oxygen atoms in total. The fourth-order valence-electron chi connectivity index (χ4n) is 3.62. The van der Waals surface area contributed by atoms with Gasteiger partial charge in [0.25, 0.3) is 0 Å². The predicted octanol–water partition coefficient (Wildman–Crippen LogP) is 1.55. The van der Waals surface area contributed by atoms with E-state index in [0.29, 0.717) is 23.5 Å². The Balaban J connectivity index is 1.95. The zero-order chi connectivity index (χ0) is 15.0. The second kappa shape index (κ2) is 5.50. The number of fused-ring (bicyclic) bond motifs is 2. The molecule has 2 heterocycles. The number of nitro benzene ring substituents is 1. The number of nitrogen functional groups attached to an aromatic ring is 1. The standard InChI is InChI=1S/C14H21N5O2/c1-17-10-5-6-11(17)9-18(8-7-10)13-4-2-3-12(16-15)14(13)19(20)21/h2-4,10-11,16H,5-9,15H2,1H3. The largest absolute Gasteiger partial charge is 0.364 e. The van der Waals surface area contributed by atoms with Gasteiger partial charge in [-0.2, -0.15) is 0 Å². The zero-order valence-electron chi connectivity index (χ0n) is 12.2.